The van der Waals surface area contributed by atoms with E-state index in [4.69, 9.17) is 10.5 Å². The first-order valence-corrected chi connectivity index (χ1v) is 5.14. The number of hydrogen-bond acceptors (Lipinski definition) is 4. The van der Waals surface area contributed by atoms with Crippen molar-refractivity contribution in [1.82, 2.24) is 4.98 Å². The lowest BCUT2D eigenvalue weighted by Crippen LogP contribution is -1.94. The minimum absolute atomic E-state index is 0.0414. The van der Waals surface area contributed by atoms with E-state index < -0.39 is 0 Å². The van der Waals surface area contributed by atoms with Gasteiger partial charge < -0.3 is 10.5 Å². The number of benzene rings is 1. The first-order chi connectivity index (χ1) is 8.15. The van der Waals surface area contributed by atoms with E-state index in [0.717, 1.165) is 0 Å². The van der Waals surface area contributed by atoms with Crippen LogP contribution in [0.1, 0.15) is 17.3 Å². The quantitative estimate of drug-likeness (QED) is 0.647. The Bertz CT molecular complexity index is 535. The Hall–Kier alpha value is -2.36. The molecule has 0 saturated carbocycles. The van der Waals surface area contributed by atoms with E-state index in [1.807, 2.05) is 0 Å². The molecule has 0 aliphatic rings. The third-order valence-electron chi connectivity index (χ3n) is 2.24. The Morgan fingerprint density at radius 2 is 1.88 bits per heavy atom. The number of carbonyl (C=O) groups is 1. The predicted octanol–water partition coefficient (Wildman–Crippen LogP) is 2.66. The molecule has 4 nitrogen and oxygen atoms in total. The largest absolute Gasteiger partial charge is 0.456 e. The zero-order chi connectivity index (χ0) is 12.3. The first-order valence-electron chi connectivity index (χ1n) is 5.14. The molecule has 2 rings (SSSR count). The highest BCUT2D eigenvalue weighted by molar-refractivity contribution is 5.94. The number of aromatic nitrogens is 1. The molecule has 4 heteroatoms. The van der Waals surface area contributed by atoms with Gasteiger partial charge in [0.2, 0.25) is 0 Å². The van der Waals surface area contributed by atoms with Crippen LogP contribution < -0.4 is 10.5 Å². The molecule has 0 atom stereocenters. The van der Waals surface area contributed by atoms with Gasteiger partial charge in [-0.25, -0.2) is 0 Å². The van der Waals surface area contributed by atoms with Crippen molar-refractivity contribution in [3.8, 4) is 11.5 Å². The summed E-state index contributed by atoms with van der Waals surface area (Å²) in [4.78, 5) is 15.1. The standard InChI is InChI=1S/C13H12N2O2/c1-9(16)10-6-13(8-15-7-10)17-12-4-2-11(14)3-5-12/h2-8H,14H2,1H3. The molecule has 86 valence electrons. The van der Waals surface area contributed by atoms with Crippen LogP contribution in [0.4, 0.5) is 5.69 Å². The lowest BCUT2D eigenvalue weighted by Gasteiger charge is -2.06. The van der Waals surface area contributed by atoms with Crippen molar-refractivity contribution < 1.29 is 9.53 Å². The number of hydrogen-bond donors (Lipinski definition) is 1. The molecule has 2 aromatic rings. The fraction of sp³-hybridized carbons (Fsp3) is 0.0769. The second-order valence-corrected chi connectivity index (χ2v) is 3.64. The van der Waals surface area contributed by atoms with Gasteiger partial charge in [0.25, 0.3) is 0 Å². The SMILES string of the molecule is CC(=O)c1cncc(Oc2ccc(N)cc2)c1. The van der Waals surface area contributed by atoms with Gasteiger partial charge in [-0.3, -0.25) is 9.78 Å². The minimum Gasteiger partial charge on any atom is -0.456 e. The first kappa shape index (κ1) is 11.1. The molecule has 17 heavy (non-hydrogen) atoms. The summed E-state index contributed by atoms with van der Waals surface area (Å²) in [7, 11) is 0. The lowest BCUT2D eigenvalue weighted by molar-refractivity contribution is 0.101. The number of carbonyl (C=O) groups excluding carboxylic acids is 1. The summed E-state index contributed by atoms with van der Waals surface area (Å²) in [5.41, 5.74) is 6.77. The third-order valence-corrected chi connectivity index (χ3v) is 2.24. The highest BCUT2D eigenvalue weighted by Crippen LogP contribution is 2.22. The maximum absolute atomic E-state index is 11.2. The van der Waals surface area contributed by atoms with E-state index in [2.05, 4.69) is 4.98 Å². The summed E-state index contributed by atoms with van der Waals surface area (Å²) in [5, 5.41) is 0. The minimum atomic E-state index is -0.0414. The maximum atomic E-state index is 11.2. The summed E-state index contributed by atoms with van der Waals surface area (Å²) in [6.07, 6.45) is 3.07. The van der Waals surface area contributed by atoms with Crippen molar-refractivity contribution in [2.45, 2.75) is 6.92 Å². The van der Waals surface area contributed by atoms with E-state index in [1.54, 1.807) is 36.5 Å². The number of nitrogens with two attached hydrogens (primary N) is 1. The predicted molar refractivity (Wildman–Crippen MR) is 65.2 cm³/mol. The van der Waals surface area contributed by atoms with Crippen LogP contribution in [-0.4, -0.2) is 10.8 Å². The van der Waals surface area contributed by atoms with E-state index >= 15 is 0 Å². The van der Waals surface area contributed by atoms with Crippen LogP contribution in [0.5, 0.6) is 11.5 Å². The third kappa shape index (κ3) is 2.81. The van der Waals surface area contributed by atoms with Gasteiger partial charge in [0.15, 0.2) is 5.78 Å². The summed E-state index contributed by atoms with van der Waals surface area (Å²) in [5.74, 6) is 1.14. The molecular formula is C13H12N2O2. The number of Topliss-reactive ketones (excluding diaryl/α,β-unsaturated/α-hetero) is 1. The number of anilines is 1. The van der Waals surface area contributed by atoms with Gasteiger partial charge in [-0.1, -0.05) is 0 Å². The van der Waals surface area contributed by atoms with Gasteiger partial charge >= 0.3 is 0 Å². The molecule has 0 bridgehead atoms. The molecule has 0 spiro atoms. The number of nitrogen functional groups attached to an aromatic ring is 1. The highest BCUT2D eigenvalue weighted by Gasteiger charge is 2.03. The van der Waals surface area contributed by atoms with E-state index in [0.29, 0.717) is 22.7 Å². The Labute approximate surface area is 99.1 Å². The van der Waals surface area contributed by atoms with Gasteiger partial charge in [-0.15, -0.1) is 0 Å². The fourth-order valence-corrected chi connectivity index (χ4v) is 1.34. The molecule has 0 unspecified atom stereocenters. The molecule has 0 radical (unpaired) electrons. The second-order valence-electron chi connectivity index (χ2n) is 3.64. The zero-order valence-electron chi connectivity index (χ0n) is 9.38. The number of ether oxygens (including phenoxy) is 1. The Balaban J connectivity index is 2.21. The average Bonchev–Trinajstić information content (AvgIpc) is 2.32. The molecule has 0 fully saturated rings. The molecule has 0 saturated heterocycles. The maximum Gasteiger partial charge on any atom is 0.161 e. The van der Waals surface area contributed by atoms with Crippen LogP contribution in [0.25, 0.3) is 0 Å². The molecular weight excluding hydrogens is 216 g/mol. The van der Waals surface area contributed by atoms with E-state index in [9.17, 15) is 4.79 Å². The summed E-state index contributed by atoms with van der Waals surface area (Å²) in [6.45, 7) is 1.49. The van der Waals surface area contributed by atoms with Crippen LogP contribution in [0.15, 0.2) is 42.7 Å². The van der Waals surface area contributed by atoms with Crippen LogP contribution in [-0.2, 0) is 0 Å². The van der Waals surface area contributed by atoms with Crippen molar-refractivity contribution in [2.24, 2.45) is 0 Å². The Morgan fingerprint density at radius 3 is 2.53 bits per heavy atom. The molecule has 0 amide bonds. The second kappa shape index (κ2) is 4.65. The number of rotatable bonds is 3. The van der Waals surface area contributed by atoms with Crippen LogP contribution in [0, 0.1) is 0 Å². The Kier molecular flexibility index (Phi) is 3.05. The number of nitrogens with zero attached hydrogens (tertiary/aromatic N) is 1. The van der Waals surface area contributed by atoms with Gasteiger partial charge in [-0.05, 0) is 37.3 Å². The van der Waals surface area contributed by atoms with Crippen LogP contribution >= 0.6 is 0 Å². The Morgan fingerprint density at radius 1 is 1.18 bits per heavy atom. The monoisotopic (exact) mass is 228 g/mol. The molecule has 1 aromatic heterocycles. The van der Waals surface area contributed by atoms with Crippen molar-refractivity contribution in [3.05, 3.63) is 48.3 Å². The molecule has 0 aliphatic heterocycles. The molecule has 2 N–H and O–H groups in total. The van der Waals surface area contributed by atoms with Crippen LogP contribution in [0.2, 0.25) is 0 Å². The average molecular weight is 228 g/mol. The lowest BCUT2D eigenvalue weighted by atomic mass is 10.2. The van der Waals surface area contributed by atoms with Gasteiger partial charge in [0.05, 0.1) is 6.20 Å². The van der Waals surface area contributed by atoms with Gasteiger partial charge in [0.1, 0.15) is 11.5 Å². The van der Waals surface area contributed by atoms with Gasteiger partial charge in [-0.2, -0.15) is 0 Å². The zero-order valence-corrected chi connectivity index (χ0v) is 9.38. The molecule has 1 aromatic carbocycles. The number of ketones is 1. The van der Waals surface area contributed by atoms with E-state index in [1.165, 1.54) is 13.1 Å². The van der Waals surface area contributed by atoms with Crippen molar-refractivity contribution in [3.63, 3.8) is 0 Å². The topological polar surface area (TPSA) is 65.2 Å². The summed E-state index contributed by atoms with van der Waals surface area (Å²) >= 11 is 0. The van der Waals surface area contributed by atoms with Crippen LogP contribution in [0.3, 0.4) is 0 Å². The van der Waals surface area contributed by atoms with E-state index in [-0.39, 0.29) is 5.78 Å². The fourth-order valence-electron chi connectivity index (χ4n) is 1.34. The van der Waals surface area contributed by atoms with Gasteiger partial charge in [0, 0.05) is 17.4 Å². The smallest absolute Gasteiger partial charge is 0.161 e. The van der Waals surface area contributed by atoms with Crippen molar-refractivity contribution in [2.75, 3.05) is 5.73 Å². The summed E-state index contributed by atoms with van der Waals surface area (Å²) in [6, 6.07) is 8.67. The molecule has 1 heterocycles. The van der Waals surface area contributed by atoms with Crippen molar-refractivity contribution >= 4 is 11.5 Å². The summed E-state index contributed by atoms with van der Waals surface area (Å²) < 4.78 is 5.55. The highest BCUT2D eigenvalue weighted by atomic mass is 16.5. The molecule has 0 aliphatic carbocycles. The normalized spacial score (nSPS) is 9.94. The van der Waals surface area contributed by atoms with Crippen molar-refractivity contribution in [1.29, 1.82) is 0 Å². The number of pyridine rings is 1.